The Balaban J connectivity index is 1.48. The van der Waals surface area contributed by atoms with Crippen LogP contribution in [-0.4, -0.2) is 31.1 Å². The Morgan fingerprint density at radius 3 is 2.54 bits per heavy atom. The summed E-state index contributed by atoms with van der Waals surface area (Å²) in [6, 6.07) is 19.7. The van der Waals surface area contributed by atoms with Crippen molar-refractivity contribution in [2.24, 2.45) is 5.92 Å². The van der Waals surface area contributed by atoms with Gasteiger partial charge in [0.2, 0.25) is 0 Å². The van der Waals surface area contributed by atoms with Gasteiger partial charge in [-0.1, -0.05) is 42.5 Å². The number of ether oxygens (including phenoxy) is 1. The monoisotopic (exact) mass is 322 g/mol. The van der Waals surface area contributed by atoms with E-state index < -0.39 is 0 Å². The molecule has 0 amide bonds. The number of piperazine rings is 1. The summed E-state index contributed by atoms with van der Waals surface area (Å²) in [6.45, 7) is 5.14. The van der Waals surface area contributed by atoms with Gasteiger partial charge in [0.1, 0.15) is 12.4 Å². The summed E-state index contributed by atoms with van der Waals surface area (Å²) in [7, 11) is 0. The molecular formula is C21H26N2O. The summed E-state index contributed by atoms with van der Waals surface area (Å²) in [5.74, 6) is 1.81. The molecule has 4 rings (SSSR count). The van der Waals surface area contributed by atoms with Crippen LogP contribution in [0, 0.1) is 5.92 Å². The van der Waals surface area contributed by atoms with Gasteiger partial charge in [0.25, 0.3) is 0 Å². The van der Waals surface area contributed by atoms with Crippen LogP contribution in [0.25, 0.3) is 0 Å². The average Bonchev–Trinajstić information content (AvgIpc) is 3.47. The second-order valence-electron chi connectivity index (χ2n) is 6.91. The van der Waals surface area contributed by atoms with E-state index >= 15 is 0 Å². The number of nitrogens with one attached hydrogen (secondary N) is 1. The molecule has 24 heavy (non-hydrogen) atoms. The molecule has 2 aromatic rings. The van der Waals surface area contributed by atoms with Crippen molar-refractivity contribution in [3.05, 3.63) is 65.7 Å². The quantitative estimate of drug-likeness (QED) is 0.879. The first-order chi connectivity index (χ1) is 11.9. The second-order valence-corrected chi connectivity index (χ2v) is 6.91. The van der Waals surface area contributed by atoms with Gasteiger partial charge in [-0.2, -0.15) is 0 Å². The smallest absolute Gasteiger partial charge is 0.120 e. The molecule has 0 bridgehead atoms. The van der Waals surface area contributed by atoms with E-state index in [1.807, 2.05) is 6.07 Å². The Hall–Kier alpha value is -1.84. The van der Waals surface area contributed by atoms with E-state index in [-0.39, 0.29) is 0 Å². The van der Waals surface area contributed by atoms with Crippen molar-refractivity contribution in [1.82, 2.24) is 10.2 Å². The number of nitrogens with zero attached hydrogens (tertiary/aromatic N) is 1. The van der Waals surface area contributed by atoms with Crippen molar-refractivity contribution < 1.29 is 4.74 Å². The van der Waals surface area contributed by atoms with Gasteiger partial charge in [-0.25, -0.2) is 0 Å². The zero-order chi connectivity index (χ0) is 16.2. The minimum Gasteiger partial charge on any atom is -0.489 e. The maximum absolute atomic E-state index is 6.04. The van der Waals surface area contributed by atoms with Crippen LogP contribution in [0.3, 0.4) is 0 Å². The van der Waals surface area contributed by atoms with Crippen LogP contribution < -0.4 is 10.1 Å². The molecule has 126 valence electrons. The lowest BCUT2D eigenvalue weighted by molar-refractivity contribution is 0.156. The Morgan fingerprint density at radius 1 is 1.00 bits per heavy atom. The molecule has 3 nitrogen and oxygen atoms in total. The molecule has 1 atom stereocenters. The molecule has 1 saturated carbocycles. The Bertz CT molecular complexity index is 648. The minimum atomic E-state index is 0.562. The summed E-state index contributed by atoms with van der Waals surface area (Å²) in [4.78, 5) is 2.66. The molecule has 0 unspecified atom stereocenters. The van der Waals surface area contributed by atoms with Crippen molar-refractivity contribution in [3.8, 4) is 5.75 Å². The maximum Gasteiger partial charge on any atom is 0.120 e. The van der Waals surface area contributed by atoms with Crippen LogP contribution in [-0.2, 0) is 6.61 Å². The SMILES string of the molecule is c1ccc(COc2cccc([C@@H](C3CC3)N3CCNCC3)c2)cc1. The Morgan fingerprint density at radius 2 is 1.79 bits per heavy atom. The first-order valence-corrected chi connectivity index (χ1v) is 9.11. The van der Waals surface area contributed by atoms with E-state index in [1.54, 1.807) is 0 Å². The number of benzene rings is 2. The number of rotatable bonds is 6. The Labute approximate surface area is 144 Å². The van der Waals surface area contributed by atoms with Gasteiger partial charge in [0, 0.05) is 32.2 Å². The van der Waals surface area contributed by atoms with Crippen LogP contribution >= 0.6 is 0 Å². The lowest BCUT2D eigenvalue weighted by Crippen LogP contribution is -2.45. The fraction of sp³-hybridized carbons (Fsp3) is 0.429. The molecule has 1 aliphatic carbocycles. The standard InChI is InChI=1S/C21H26N2O/c1-2-5-17(6-3-1)16-24-20-8-4-7-19(15-20)21(18-9-10-18)23-13-11-22-12-14-23/h1-8,15,18,21-22H,9-14,16H2/t21-/m1/s1. The molecule has 1 heterocycles. The highest BCUT2D eigenvalue weighted by atomic mass is 16.5. The molecule has 0 spiro atoms. The van der Waals surface area contributed by atoms with E-state index in [9.17, 15) is 0 Å². The molecule has 2 aromatic carbocycles. The predicted molar refractivity (Wildman–Crippen MR) is 97.1 cm³/mol. The zero-order valence-corrected chi connectivity index (χ0v) is 14.2. The van der Waals surface area contributed by atoms with Gasteiger partial charge in [0.05, 0.1) is 0 Å². The zero-order valence-electron chi connectivity index (χ0n) is 14.2. The lowest BCUT2D eigenvalue weighted by atomic mass is 9.99. The molecule has 3 heteroatoms. The topological polar surface area (TPSA) is 24.5 Å². The highest BCUT2D eigenvalue weighted by molar-refractivity contribution is 5.32. The molecule has 1 aliphatic heterocycles. The fourth-order valence-electron chi connectivity index (χ4n) is 3.68. The summed E-state index contributed by atoms with van der Waals surface area (Å²) in [6.07, 6.45) is 2.73. The summed E-state index contributed by atoms with van der Waals surface area (Å²) in [5.41, 5.74) is 2.63. The third-order valence-corrected chi connectivity index (χ3v) is 5.06. The number of hydrogen-bond acceptors (Lipinski definition) is 3. The van der Waals surface area contributed by atoms with E-state index in [0.29, 0.717) is 12.6 Å². The predicted octanol–water partition coefficient (Wildman–Crippen LogP) is 3.62. The molecule has 2 fully saturated rings. The number of hydrogen-bond donors (Lipinski definition) is 1. The molecular weight excluding hydrogens is 296 g/mol. The van der Waals surface area contributed by atoms with Gasteiger partial charge in [-0.3, -0.25) is 4.90 Å². The van der Waals surface area contributed by atoms with Crippen LogP contribution in [0.5, 0.6) is 5.75 Å². The molecule has 1 N–H and O–H groups in total. The highest BCUT2D eigenvalue weighted by Crippen LogP contribution is 2.45. The van der Waals surface area contributed by atoms with Gasteiger partial charge >= 0.3 is 0 Å². The van der Waals surface area contributed by atoms with E-state index in [1.165, 1.54) is 24.0 Å². The van der Waals surface area contributed by atoms with Crippen LogP contribution in [0.4, 0.5) is 0 Å². The van der Waals surface area contributed by atoms with Crippen LogP contribution in [0.2, 0.25) is 0 Å². The molecule has 0 aromatic heterocycles. The lowest BCUT2D eigenvalue weighted by Gasteiger charge is -2.35. The maximum atomic E-state index is 6.04. The summed E-state index contributed by atoms with van der Waals surface area (Å²) >= 11 is 0. The normalized spacial score (nSPS) is 19.8. The second kappa shape index (κ2) is 7.37. The van der Waals surface area contributed by atoms with E-state index in [0.717, 1.165) is 37.8 Å². The first-order valence-electron chi connectivity index (χ1n) is 9.11. The van der Waals surface area contributed by atoms with Gasteiger partial charge in [-0.05, 0) is 42.0 Å². The average molecular weight is 322 g/mol. The minimum absolute atomic E-state index is 0.562. The first kappa shape index (κ1) is 15.7. The fourth-order valence-corrected chi connectivity index (χ4v) is 3.68. The van der Waals surface area contributed by atoms with Crippen LogP contribution in [0.15, 0.2) is 54.6 Å². The van der Waals surface area contributed by atoms with Crippen molar-refractivity contribution in [1.29, 1.82) is 0 Å². The van der Waals surface area contributed by atoms with Crippen molar-refractivity contribution >= 4 is 0 Å². The van der Waals surface area contributed by atoms with E-state index in [4.69, 9.17) is 4.74 Å². The van der Waals surface area contributed by atoms with Crippen LogP contribution in [0.1, 0.15) is 30.0 Å². The Kier molecular flexibility index (Phi) is 4.81. The van der Waals surface area contributed by atoms with Crippen molar-refractivity contribution in [3.63, 3.8) is 0 Å². The van der Waals surface area contributed by atoms with E-state index in [2.05, 4.69) is 58.7 Å². The largest absolute Gasteiger partial charge is 0.489 e. The summed E-state index contributed by atoms with van der Waals surface area (Å²) < 4.78 is 6.04. The molecule has 0 radical (unpaired) electrons. The van der Waals surface area contributed by atoms with Gasteiger partial charge in [0.15, 0.2) is 0 Å². The third-order valence-electron chi connectivity index (χ3n) is 5.06. The highest BCUT2D eigenvalue weighted by Gasteiger charge is 2.36. The molecule has 2 aliphatic rings. The van der Waals surface area contributed by atoms with Crippen molar-refractivity contribution in [2.45, 2.75) is 25.5 Å². The summed E-state index contributed by atoms with van der Waals surface area (Å²) in [5, 5.41) is 3.46. The third kappa shape index (κ3) is 3.80. The van der Waals surface area contributed by atoms with Gasteiger partial charge in [-0.15, -0.1) is 0 Å². The van der Waals surface area contributed by atoms with Crippen molar-refractivity contribution in [2.75, 3.05) is 26.2 Å². The van der Waals surface area contributed by atoms with Gasteiger partial charge < -0.3 is 10.1 Å². The molecule has 1 saturated heterocycles.